The quantitative estimate of drug-likeness (QED) is 0.847. The second kappa shape index (κ2) is 7.04. The number of hydrogen-bond acceptors (Lipinski definition) is 3. The van der Waals surface area contributed by atoms with Crippen LogP contribution >= 0.6 is 0 Å². The molecule has 2 atom stereocenters. The summed E-state index contributed by atoms with van der Waals surface area (Å²) < 4.78 is 1.92. The Morgan fingerprint density at radius 3 is 2.62 bits per heavy atom. The third kappa shape index (κ3) is 3.49. The van der Waals surface area contributed by atoms with Crippen molar-refractivity contribution >= 4 is 5.91 Å². The zero-order chi connectivity index (χ0) is 15.2. The predicted molar refractivity (Wildman–Crippen MR) is 82.5 cm³/mol. The molecule has 0 aliphatic rings. The number of nitrogens with one attached hydrogen (secondary N) is 1. The molecule has 3 N–H and O–H groups in total. The number of carbonyl (C=O) groups excluding carboxylic acids is 1. The molecule has 0 saturated carbocycles. The highest BCUT2D eigenvalue weighted by molar-refractivity contribution is 5.79. The summed E-state index contributed by atoms with van der Waals surface area (Å²) in [6, 6.07) is 9.58. The second-order valence-corrected chi connectivity index (χ2v) is 5.09. The van der Waals surface area contributed by atoms with E-state index in [9.17, 15) is 4.79 Å². The van der Waals surface area contributed by atoms with Crippen molar-refractivity contribution in [1.82, 2.24) is 14.9 Å². The van der Waals surface area contributed by atoms with Crippen LogP contribution in [0.15, 0.2) is 42.7 Å². The molecule has 0 aliphatic heterocycles. The zero-order valence-electron chi connectivity index (χ0n) is 12.5. The molecule has 2 unspecified atom stereocenters. The van der Waals surface area contributed by atoms with E-state index in [-0.39, 0.29) is 17.9 Å². The Bertz CT molecular complexity index is 575. The summed E-state index contributed by atoms with van der Waals surface area (Å²) >= 11 is 0. The van der Waals surface area contributed by atoms with Crippen LogP contribution in [0.4, 0.5) is 0 Å². The number of carbonyl (C=O) groups is 1. The minimum absolute atomic E-state index is 0.0307. The summed E-state index contributed by atoms with van der Waals surface area (Å²) in [5.74, 6) is 0.606. The van der Waals surface area contributed by atoms with E-state index in [2.05, 4.69) is 10.3 Å². The van der Waals surface area contributed by atoms with Crippen molar-refractivity contribution in [2.45, 2.75) is 19.4 Å². The lowest BCUT2D eigenvalue weighted by molar-refractivity contribution is -0.125. The maximum Gasteiger partial charge on any atom is 0.225 e. The van der Waals surface area contributed by atoms with E-state index in [1.807, 2.05) is 55.1 Å². The Kier molecular flexibility index (Phi) is 5.11. The second-order valence-electron chi connectivity index (χ2n) is 5.09. The van der Waals surface area contributed by atoms with Gasteiger partial charge < -0.3 is 15.6 Å². The zero-order valence-corrected chi connectivity index (χ0v) is 12.5. The average Bonchev–Trinajstić information content (AvgIpc) is 2.93. The van der Waals surface area contributed by atoms with Gasteiger partial charge in [0.2, 0.25) is 5.91 Å². The lowest BCUT2D eigenvalue weighted by atomic mass is 10.0. The largest absolute Gasteiger partial charge is 0.342 e. The summed E-state index contributed by atoms with van der Waals surface area (Å²) in [5.41, 5.74) is 6.67. The number of hydrogen-bond donors (Lipinski definition) is 2. The molecule has 0 radical (unpaired) electrons. The van der Waals surface area contributed by atoms with Crippen molar-refractivity contribution in [3.8, 4) is 0 Å². The lowest BCUT2D eigenvalue weighted by Crippen LogP contribution is -2.38. The SMILES string of the molecule is CCC(CN)C(=O)NC(c1ccccc1)c1nccn1C. The highest BCUT2D eigenvalue weighted by Crippen LogP contribution is 2.20. The Labute approximate surface area is 125 Å². The first-order valence-corrected chi connectivity index (χ1v) is 7.20. The van der Waals surface area contributed by atoms with Gasteiger partial charge >= 0.3 is 0 Å². The van der Waals surface area contributed by atoms with Crippen LogP contribution in [-0.2, 0) is 11.8 Å². The summed E-state index contributed by atoms with van der Waals surface area (Å²) in [6.45, 7) is 2.32. The van der Waals surface area contributed by atoms with Crippen molar-refractivity contribution in [3.63, 3.8) is 0 Å². The summed E-state index contributed by atoms with van der Waals surface area (Å²) in [7, 11) is 1.92. The highest BCUT2D eigenvalue weighted by Gasteiger charge is 2.23. The van der Waals surface area contributed by atoms with Crippen LogP contribution < -0.4 is 11.1 Å². The van der Waals surface area contributed by atoms with Crippen LogP contribution in [0, 0.1) is 5.92 Å². The van der Waals surface area contributed by atoms with Crippen LogP contribution in [0.2, 0.25) is 0 Å². The fourth-order valence-electron chi connectivity index (χ4n) is 2.32. The number of aromatic nitrogens is 2. The van der Waals surface area contributed by atoms with E-state index < -0.39 is 0 Å². The van der Waals surface area contributed by atoms with Gasteiger partial charge in [0.25, 0.3) is 0 Å². The van der Waals surface area contributed by atoms with Gasteiger partial charge in [0.05, 0.1) is 0 Å². The smallest absolute Gasteiger partial charge is 0.225 e. The standard InChI is InChI=1S/C16H22N4O/c1-3-12(11-17)16(21)19-14(13-7-5-4-6-8-13)15-18-9-10-20(15)2/h4-10,12,14H,3,11,17H2,1-2H3,(H,19,21). The van der Waals surface area contributed by atoms with Crippen molar-refractivity contribution < 1.29 is 4.79 Å². The van der Waals surface area contributed by atoms with E-state index >= 15 is 0 Å². The molecular weight excluding hydrogens is 264 g/mol. The Hall–Kier alpha value is -2.14. The average molecular weight is 286 g/mol. The minimum atomic E-state index is -0.265. The third-order valence-electron chi connectivity index (χ3n) is 3.68. The number of amides is 1. The van der Waals surface area contributed by atoms with Gasteiger partial charge in [0.1, 0.15) is 11.9 Å². The molecule has 1 aromatic carbocycles. The number of benzene rings is 1. The molecule has 2 aromatic rings. The lowest BCUT2D eigenvalue weighted by Gasteiger charge is -2.22. The first-order valence-electron chi connectivity index (χ1n) is 7.20. The molecular formula is C16H22N4O. The van der Waals surface area contributed by atoms with E-state index in [1.165, 1.54) is 0 Å². The van der Waals surface area contributed by atoms with Crippen LogP contribution in [0.3, 0.4) is 0 Å². The van der Waals surface area contributed by atoms with E-state index in [4.69, 9.17) is 5.73 Å². The number of imidazole rings is 1. The fraction of sp³-hybridized carbons (Fsp3) is 0.375. The van der Waals surface area contributed by atoms with Crippen LogP contribution in [0.1, 0.15) is 30.8 Å². The topological polar surface area (TPSA) is 72.9 Å². The maximum atomic E-state index is 12.4. The summed E-state index contributed by atoms with van der Waals surface area (Å²) in [6.07, 6.45) is 4.33. The normalized spacial score (nSPS) is 13.7. The van der Waals surface area contributed by atoms with Crippen LogP contribution in [-0.4, -0.2) is 22.0 Å². The Balaban J connectivity index is 2.30. The molecule has 0 aliphatic carbocycles. The van der Waals surface area contributed by atoms with Crippen molar-refractivity contribution in [3.05, 3.63) is 54.1 Å². The van der Waals surface area contributed by atoms with Gasteiger partial charge in [0, 0.05) is 31.9 Å². The molecule has 112 valence electrons. The number of rotatable bonds is 6. The van der Waals surface area contributed by atoms with E-state index in [1.54, 1.807) is 6.20 Å². The molecule has 5 nitrogen and oxygen atoms in total. The maximum absolute atomic E-state index is 12.4. The number of nitrogens with two attached hydrogens (primary N) is 1. The van der Waals surface area contributed by atoms with Crippen molar-refractivity contribution in [1.29, 1.82) is 0 Å². The Morgan fingerprint density at radius 1 is 1.38 bits per heavy atom. The number of nitrogens with zero attached hydrogens (tertiary/aromatic N) is 2. The van der Waals surface area contributed by atoms with Gasteiger partial charge in [-0.2, -0.15) is 0 Å². The van der Waals surface area contributed by atoms with Gasteiger partial charge in [-0.3, -0.25) is 4.79 Å². The molecule has 1 aromatic heterocycles. The Morgan fingerprint density at radius 2 is 2.10 bits per heavy atom. The van der Waals surface area contributed by atoms with Gasteiger partial charge in [-0.15, -0.1) is 0 Å². The molecule has 0 bridgehead atoms. The molecule has 0 saturated heterocycles. The predicted octanol–water partition coefficient (Wildman–Crippen LogP) is 1.61. The fourth-order valence-corrected chi connectivity index (χ4v) is 2.32. The summed E-state index contributed by atoms with van der Waals surface area (Å²) in [5, 5.41) is 3.08. The van der Waals surface area contributed by atoms with Gasteiger partial charge in [-0.25, -0.2) is 4.98 Å². The molecule has 1 heterocycles. The minimum Gasteiger partial charge on any atom is -0.342 e. The first-order chi connectivity index (χ1) is 10.2. The van der Waals surface area contributed by atoms with Gasteiger partial charge in [0.15, 0.2) is 0 Å². The van der Waals surface area contributed by atoms with Crippen LogP contribution in [0.25, 0.3) is 0 Å². The monoisotopic (exact) mass is 286 g/mol. The summed E-state index contributed by atoms with van der Waals surface area (Å²) in [4.78, 5) is 16.7. The van der Waals surface area contributed by atoms with Gasteiger partial charge in [-0.05, 0) is 12.0 Å². The van der Waals surface area contributed by atoms with Gasteiger partial charge in [-0.1, -0.05) is 37.3 Å². The van der Waals surface area contributed by atoms with Crippen molar-refractivity contribution in [2.75, 3.05) is 6.54 Å². The third-order valence-corrected chi connectivity index (χ3v) is 3.68. The highest BCUT2D eigenvalue weighted by atomic mass is 16.2. The molecule has 2 rings (SSSR count). The van der Waals surface area contributed by atoms with Crippen LogP contribution in [0.5, 0.6) is 0 Å². The molecule has 5 heteroatoms. The van der Waals surface area contributed by atoms with E-state index in [0.717, 1.165) is 17.8 Å². The van der Waals surface area contributed by atoms with E-state index in [0.29, 0.717) is 6.54 Å². The number of aryl methyl sites for hydroxylation is 1. The van der Waals surface area contributed by atoms with Crippen molar-refractivity contribution in [2.24, 2.45) is 18.7 Å². The molecule has 0 fully saturated rings. The molecule has 21 heavy (non-hydrogen) atoms. The molecule has 1 amide bonds. The first kappa shape index (κ1) is 15.3. The molecule has 0 spiro atoms.